The Hall–Kier alpha value is -1.81. The zero-order valence-corrected chi connectivity index (χ0v) is 12.1. The van der Waals surface area contributed by atoms with Crippen molar-refractivity contribution < 1.29 is 9.84 Å². The van der Waals surface area contributed by atoms with Crippen molar-refractivity contribution in [3.05, 3.63) is 46.1 Å². The fraction of sp³-hybridized carbons (Fsp3) is 0.400. The molecule has 0 aliphatic rings. The largest absolute Gasteiger partial charge is 0.481 e. The van der Waals surface area contributed by atoms with Crippen molar-refractivity contribution in [3.8, 4) is 5.88 Å². The Balaban J connectivity index is 2.52. The van der Waals surface area contributed by atoms with E-state index < -0.39 is 6.10 Å². The van der Waals surface area contributed by atoms with Crippen LogP contribution in [0.1, 0.15) is 34.1 Å². The summed E-state index contributed by atoms with van der Waals surface area (Å²) in [4.78, 5) is 0. The molecule has 4 heteroatoms. The summed E-state index contributed by atoms with van der Waals surface area (Å²) in [6.45, 7) is 5.92. The third-order valence-corrected chi connectivity index (χ3v) is 3.40. The van der Waals surface area contributed by atoms with Gasteiger partial charge in [0.2, 0.25) is 5.88 Å². The summed E-state index contributed by atoms with van der Waals surface area (Å²) in [6, 6.07) is 6.03. The number of hydrogen-bond acceptors (Lipinski definition) is 3. The Kier molecular flexibility index (Phi) is 3.62. The van der Waals surface area contributed by atoms with E-state index in [1.165, 1.54) is 5.56 Å². The van der Waals surface area contributed by atoms with Gasteiger partial charge < -0.3 is 9.84 Å². The van der Waals surface area contributed by atoms with Crippen LogP contribution in [0.3, 0.4) is 0 Å². The molecule has 102 valence electrons. The highest BCUT2D eigenvalue weighted by molar-refractivity contribution is 5.43. The fourth-order valence-corrected chi connectivity index (χ4v) is 2.50. The molecule has 1 N–H and O–H groups in total. The molecule has 19 heavy (non-hydrogen) atoms. The lowest BCUT2D eigenvalue weighted by molar-refractivity contribution is 0.212. The lowest BCUT2D eigenvalue weighted by atomic mass is 9.96. The number of aliphatic hydroxyl groups excluding tert-OH is 1. The van der Waals surface area contributed by atoms with Crippen molar-refractivity contribution in [2.75, 3.05) is 7.11 Å². The van der Waals surface area contributed by atoms with Gasteiger partial charge in [-0.1, -0.05) is 23.8 Å². The van der Waals surface area contributed by atoms with E-state index in [1.807, 2.05) is 40.0 Å². The zero-order valence-electron chi connectivity index (χ0n) is 12.1. The van der Waals surface area contributed by atoms with E-state index in [1.54, 1.807) is 11.8 Å². The van der Waals surface area contributed by atoms with Crippen LogP contribution in [0.4, 0.5) is 0 Å². The first kappa shape index (κ1) is 13.6. The number of rotatable bonds is 3. The molecule has 0 aliphatic carbocycles. The van der Waals surface area contributed by atoms with E-state index in [9.17, 15) is 5.11 Å². The lowest BCUT2D eigenvalue weighted by Gasteiger charge is -2.15. The smallest absolute Gasteiger partial charge is 0.217 e. The molecule has 2 rings (SSSR count). The van der Waals surface area contributed by atoms with Gasteiger partial charge in [-0.2, -0.15) is 5.10 Å². The number of aryl methyl sites for hydroxylation is 4. The van der Waals surface area contributed by atoms with Gasteiger partial charge in [0.25, 0.3) is 0 Å². The number of aliphatic hydroxyl groups is 1. The monoisotopic (exact) mass is 260 g/mol. The molecule has 0 bridgehead atoms. The molecule has 0 aliphatic heterocycles. The van der Waals surface area contributed by atoms with E-state index in [-0.39, 0.29) is 0 Å². The van der Waals surface area contributed by atoms with E-state index in [0.29, 0.717) is 5.88 Å². The first-order chi connectivity index (χ1) is 8.95. The van der Waals surface area contributed by atoms with E-state index in [4.69, 9.17) is 4.74 Å². The molecule has 0 amide bonds. The normalized spacial score (nSPS) is 12.5. The molecular formula is C15H20N2O2. The summed E-state index contributed by atoms with van der Waals surface area (Å²) < 4.78 is 6.99. The Labute approximate surface area is 113 Å². The Morgan fingerprint density at radius 3 is 2.53 bits per heavy atom. The van der Waals surface area contributed by atoms with Crippen molar-refractivity contribution in [1.82, 2.24) is 9.78 Å². The van der Waals surface area contributed by atoms with Gasteiger partial charge in [0.15, 0.2) is 0 Å². The summed E-state index contributed by atoms with van der Waals surface area (Å²) in [7, 11) is 3.40. The van der Waals surface area contributed by atoms with Crippen molar-refractivity contribution >= 4 is 0 Å². The molecule has 1 heterocycles. The fourth-order valence-electron chi connectivity index (χ4n) is 2.50. The highest BCUT2D eigenvalue weighted by Gasteiger charge is 2.23. The molecule has 0 saturated carbocycles. The first-order valence-electron chi connectivity index (χ1n) is 6.28. The molecule has 4 nitrogen and oxygen atoms in total. The summed E-state index contributed by atoms with van der Waals surface area (Å²) >= 11 is 0. The maximum atomic E-state index is 10.6. The van der Waals surface area contributed by atoms with Crippen LogP contribution >= 0.6 is 0 Å². The molecule has 1 aromatic heterocycles. The number of ether oxygens (including phenoxy) is 1. The van der Waals surface area contributed by atoms with E-state index in [2.05, 4.69) is 11.2 Å². The average molecular weight is 260 g/mol. The molecule has 0 fully saturated rings. The summed E-state index contributed by atoms with van der Waals surface area (Å²) in [5.74, 6) is 0.602. The minimum atomic E-state index is -0.718. The van der Waals surface area contributed by atoms with Crippen LogP contribution in [0.25, 0.3) is 0 Å². The summed E-state index contributed by atoms with van der Waals surface area (Å²) in [5, 5.41) is 14.9. The van der Waals surface area contributed by atoms with Crippen LogP contribution in [0.15, 0.2) is 18.2 Å². The highest BCUT2D eigenvalue weighted by atomic mass is 16.5. The van der Waals surface area contributed by atoms with Crippen molar-refractivity contribution in [1.29, 1.82) is 0 Å². The van der Waals surface area contributed by atoms with Gasteiger partial charge in [0.05, 0.1) is 18.4 Å². The predicted octanol–water partition coefficient (Wildman–Crippen LogP) is 2.44. The van der Waals surface area contributed by atoms with Crippen molar-refractivity contribution in [3.63, 3.8) is 0 Å². The van der Waals surface area contributed by atoms with E-state index in [0.717, 1.165) is 22.4 Å². The van der Waals surface area contributed by atoms with E-state index >= 15 is 0 Å². The first-order valence-corrected chi connectivity index (χ1v) is 6.28. The van der Waals surface area contributed by atoms with Crippen LogP contribution in [-0.2, 0) is 7.05 Å². The molecule has 1 atom stereocenters. The van der Waals surface area contributed by atoms with Crippen LogP contribution in [-0.4, -0.2) is 22.0 Å². The summed E-state index contributed by atoms with van der Waals surface area (Å²) in [6.07, 6.45) is -0.718. The van der Waals surface area contributed by atoms with Gasteiger partial charge in [-0.05, 0) is 31.9 Å². The third-order valence-electron chi connectivity index (χ3n) is 3.40. The number of benzene rings is 1. The SMILES string of the molecule is COc1c(C(O)c2ccc(C)cc2C)c(C)nn1C. The number of methoxy groups -OCH3 is 1. The number of nitrogens with zero attached hydrogens (tertiary/aromatic N) is 2. The van der Waals surface area contributed by atoms with Gasteiger partial charge in [0.1, 0.15) is 6.10 Å². The van der Waals surface area contributed by atoms with Gasteiger partial charge >= 0.3 is 0 Å². The number of hydrogen-bond donors (Lipinski definition) is 1. The molecule has 1 unspecified atom stereocenters. The second-order valence-corrected chi connectivity index (χ2v) is 4.89. The van der Waals surface area contributed by atoms with Crippen LogP contribution in [0, 0.1) is 20.8 Å². The van der Waals surface area contributed by atoms with Gasteiger partial charge in [-0.25, -0.2) is 4.68 Å². The minimum absolute atomic E-state index is 0.602. The average Bonchev–Trinajstić information content (AvgIpc) is 2.62. The zero-order chi connectivity index (χ0) is 14.2. The molecule has 0 saturated heterocycles. The topological polar surface area (TPSA) is 47.3 Å². The van der Waals surface area contributed by atoms with Crippen molar-refractivity contribution in [2.45, 2.75) is 26.9 Å². The Morgan fingerprint density at radius 1 is 1.26 bits per heavy atom. The van der Waals surface area contributed by atoms with Crippen molar-refractivity contribution in [2.24, 2.45) is 7.05 Å². The molecular weight excluding hydrogens is 240 g/mol. The standard InChI is InChI=1S/C15H20N2O2/c1-9-6-7-12(10(2)8-9)14(18)13-11(3)16-17(4)15(13)19-5/h6-8,14,18H,1-5H3. The highest BCUT2D eigenvalue weighted by Crippen LogP contribution is 2.33. The minimum Gasteiger partial charge on any atom is -0.481 e. The second-order valence-electron chi connectivity index (χ2n) is 4.89. The quantitative estimate of drug-likeness (QED) is 0.922. The Morgan fingerprint density at radius 2 is 1.95 bits per heavy atom. The van der Waals surface area contributed by atoms with Crippen LogP contribution in [0.2, 0.25) is 0 Å². The maximum absolute atomic E-state index is 10.6. The maximum Gasteiger partial charge on any atom is 0.217 e. The summed E-state index contributed by atoms with van der Waals surface area (Å²) in [5.41, 5.74) is 4.66. The van der Waals surface area contributed by atoms with Crippen LogP contribution in [0.5, 0.6) is 5.88 Å². The van der Waals surface area contributed by atoms with Gasteiger partial charge in [-0.15, -0.1) is 0 Å². The van der Waals surface area contributed by atoms with Gasteiger partial charge in [-0.3, -0.25) is 0 Å². The number of aromatic nitrogens is 2. The third kappa shape index (κ3) is 2.36. The Bertz CT molecular complexity index is 602. The molecule has 1 aromatic carbocycles. The molecule has 0 radical (unpaired) electrons. The molecule has 2 aromatic rings. The second kappa shape index (κ2) is 5.05. The molecule has 0 spiro atoms. The lowest BCUT2D eigenvalue weighted by Crippen LogP contribution is -2.05. The van der Waals surface area contributed by atoms with Crippen LogP contribution < -0.4 is 4.74 Å². The van der Waals surface area contributed by atoms with Gasteiger partial charge in [0, 0.05) is 7.05 Å². The predicted molar refractivity (Wildman–Crippen MR) is 74.5 cm³/mol.